The monoisotopic (exact) mass is 262 g/mol. The van der Waals surface area contributed by atoms with E-state index >= 15 is 0 Å². The van der Waals surface area contributed by atoms with Crippen molar-refractivity contribution < 1.29 is 9.90 Å². The maximum Gasteiger partial charge on any atom is 0.339 e. The van der Waals surface area contributed by atoms with Gasteiger partial charge in [-0.05, 0) is 6.26 Å². The molecule has 1 aromatic rings. The van der Waals surface area contributed by atoms with Crippen molar-refractivity contribution in [3.63, 3.8) is 0 Å². The molecule has 1 N–H and O–H groups in total. The van der Waals surface area contributed by atoms with Gasteiger partial charge in [0, 0.05) is 11.5 Å². The Labute approximate surface area is 87.9 Å². The molecular weight excluding hydrogens is 256 g/mol. The summed E-state index contributed by atoms with van der Waals surface area (Å²) >= 11 is 4.56. The minimum absolute atomic E-state index is 0.148. The Kier molecular flexibility index (Phi) is 3.68. The maximum absolute atomic E-state index is 10.7. The normalized spacial score (nSPS) is 10.0. The summed E-state index contributed by atoms with van der Waals surface area (Å²) < 4.78 is 0. The lowest BCUT2D eigenvalue weighted by molar-refractivity contribution is 0.0694. The Morgan fingerprint density at radius 1 is 1.77 bits per heavy atom. The molecule has 1 rings (SSSR count). The third-order valence-corrected chi connectivity index (χ3v) is 2.48. The minimum Gasteiger partial charge on any atom is -0.478 e. The largest absolute Gasteiger partial charge is 0.478 e. The van der Waals surface area contributed by atoms with Crippen LogP contribution in [0.4, 0.5) is 0 Å². The quantitative estimate of drug-likeness (QED) is 0.511. The first-order chi connectivity index (χ1) is 6.19. The molecule has 13 heavy (non-hydrogen) atoms. The molecule has 70 valence electrons. The molecule has 0 aliphatic heterocycles. The second-order valence-electron chi connectivity index (χ2n) is 2.16. The molecule has 0 unspecified atom stereocenters. The van der Waals surface area contributed by atoms with Gasteiger partial charge >= 0.3 is 5.97 Å². The van der Waals surface area contributed by atoms with Crippen molar-refractivity contribution in [3.8, 4) is 0 Å². The fourth-order valence-corrected chi connectivity index (χ4v) is 1.56. The van der Waals surface area contributed by atoms with Crippen LogP contribution in [0.5, 0.6) is 0 Å². The highest BCUT2D eigenvalue weighted by molar-refractivity contribution is 9.08. The molecule has 1 heterocycles. The van der Waals surface area contributed by atoms with Crippen molar-refractivity contribution in [1.82, 2.24) is 9.97 Å². The van der Waals surface area contributed by atoms with E-state index in [2.05, 4.69) is 25.9 Å². The van der Waals surface area contributed by atoms with Crippen molar-refractivity contribution in [3.05, 3.63) is 17.5 Å². The maximum atomic E-state index is 10.7. The average molecular weight is 263 g/mol. The van der Waals surface area contributed by atoms with Crippen LogP contribution in [-0.4, -0.2) is 27.3 Å². The third kappa shape index (κ3) is 2.41. The smallest absolute Gasteiger partial charge is 0.339 e. The zero-order chi connectivity index (χ0) is 9.84. The van der Waals surface area contributed by atoms with E-state index in [4.69, 9.17) is 5.11 Å². The first-order valence-corrected chi connectivity index (χ1v) is 5.72. The minimum atomic E-state index is -0.998. The molecule has 0 atom stereocenters. The van der Waals surface area contributed by atoms with Gasteiger partial charge in [-0.15, -0.1) is 0 Å². The van der Waals surface area contributed by atoms with Crippen LogP contribution in [0.3, 0.4) is 0 Å². The van der Waals surface area contributed by atoms with Crippen LogP contribution in [0.25, 0.3) is 0 Å². The Morgan fingerprint density at radius 2 is 2.46 bits per heavy atom. The van der Waals surface area contributed by atoms with Crippen LogP contribution in [0.15, 0.2) is 11.4 Å². The number of alkyl halides is 1. The summed E-state index contributed by atoms with van der Waals surface area (Å²) in [5.41, 5.74) is 0.654. The number of rotatable bonds is 3. The van der Waals surface area contributed by atoms with E-state index in [0.29, 0.717) is 16.2 Å². The average Bonchev–Trinajstić information content (AvgIpc) is 2.16. The molecule has 0 bridgehead atoms. The molecule has 4 nitrogen and oxygen atoms in total. The summed E-state index contributed by atoms with van der Waals surface area (Å²) in [6, 6.07) is 0. The number of aromatic nitrogens is 2. The van der Waals surface area contributed by atoms with Gasteiger partial charge < -0.3 is 5.11 Å². The zero-order valence-electron chi connectivity index (χ0n) is 6.82. The Morgan fingerprint density at radius 3 is 2.92 bits per heavy atom. The molecule has 1 aromatic heterocycles. The van der Waals surface area contributed by atoms with Crippen molar-refractivity contribution in [1.29, 1.82) is 0 Å². The fraction of sp³-hybridized carbons (Fsp3) is 0.286. The van der Waals surface area contributed by atoms with E-state index < -0.39 is 5.97 Å². The summed E-state index contributed by atoms with van der Waals surface area (Å²) in [6.45, 7) is 0. The van der Waals surface area contributed by atoms with Gasteiger partial charge in [-0.2, -0.15) is 0 Å². The van der Waals surface area contributed by atoms with Gasteiger partial charge in [0.05, 0.1) is 5.69 Å². The van der Waals surface area contributed by atoms with E-state index in [1.807, 2.05) is 6.26 Å². The van der Waals surface area contributed by atoms with Crippen LogP contribution in [0, 0.1) is 0 Å². The molecule has 0 aromatic carbocycles. The molecule has 0 radical (unpaired) electrons. The van der Waals surface area contributed by atoms with Gasteiger partial charge in [-0.3, -0.25) is 0 Å². The third-order valence-electron chi connectivity index (χ3n) is 1.39. The predicted octanol–water partition coefficient (Wildman–Crippen LogP) is 1.79. The molecular formula is C7H7BrN2O2S. The van der Waals surface area contributed by atoms with Crippen LogP contribution < -0.4 is 0 Å². The van der Waals surface area contributed by atoms with Gasteiger partial charge in [0.25, 0.3) is 0 Å². The van der Waals surface area contributed by atoms with Gasteiger partial charge in [0.15, 0.2) is 5.16 Å². The number of carbonyl (C=O) groups is 1. The van der Waals surface area contributed by atoms with Gasteiger partial charge in [-0.25, -0.2) is 14.8 Å². The number of nitrogens with zero attached hydrogens (tertiary/aromatic N) is 2. The second kappa shape index (κ2) is 4.57. The molecule has 0 aliphatic carbocycles. The van der Waals surface area contributed by atoms with E-state index in [-0.39, 0.29) is 5.56 Å². The van der Waals surface area contributed by atoms with Crippen molar-refractivity contribution >= 4 is 33.7 Å². The lowest BCUT2D eigenvalue weighted by Crippen LogP contribution is -2.05. The molecule has 6 heteroatoms. The van der Waals surface area contributed by atoms with Crippen LogP contribution in [-0.2, 0) is 5.33 Å². The number of thioether (sulfide) groups is 1. The van der Waals surface area contributed by atoms with E-state index in [0.717, 1.165) is 0 Å². The highest BCUT2D eigenvalue weighted by Crippen LogP contribution is 2.14. The number of aromatic carboxylic acids is 1. The van der Waals surface area contributed by atoms with Crippen LogP contribution >= 0.6 is 27.7 Å². The van der Waals surface area contributed by atoms with Gasteiger partial charge in [0.2, 0.25) is 0 Å². The number of hydrogen-bond donors (Lipinski definition) is 1. The summed E-state index contributed by atoms with van der Waals surface area (Å²) in [7, 11) is 0. The molecule has 0 amide bonds. The summed E-state index contributed by atoms with van der Waals surface area (Å²) in [5.74, 6) is -0.998. The highest BCUT2D eigenvalue weighted by atomic mass is 79.9. The molecule has 0 fully saturated rings. The number of carboxylic acids is 1. The number of hydrogen-bond acceptors (Lipinski definition) is 4. The number of carboxylic acid groups (broad SMARTS) is 1. The first kappa shape index (κ1) is 10.5. The van der Waals surface area contributed by atoms with Crippen LogP contribution in [0.1, 0.15) is 16.1 Å². The molecule has 0 spiro atoms. The Hall–Kier alpha value is -0.620. The standard InChI is InChI=1S/C7H7BrN2O2S/c1-13-7-9-3-4(6(11)12)5(2-8)10-7/h3H,2H2,1H3,(H,11,12). The SMILES string of the molecule is CSc1ncc(C(=O)O)c(CBr)n1. The topological polar surface area (TPSA) is 63.1 Å². The van der Waals surface area contributed by atoms with Gasteiger partial charge in [0.1, 0.15) is 5.56 Å². The zero-order valence-corrected chi connectivity index (χ0v) is 9.22. The van der Waals surface area contributed by atoms with Crippen molar-refractivity contribution in [2.24, 2.45) is 0 Å². The molecule has 0 saturated heterocycles. The summed E-state index contributed by atoms with van der Waals surface area (Å²) in [4.78, 5) is 18.6. The van der Waals surface area contributed by atoms with Crippen LogP contribution in [0.2, 0.25) is 0 Å². The molecule has 0 aliphatic rings. The van der Waals surface area contributed by atoms with E-state index in [1.165, 1.54) is 18.0 Å². The highest BCUT2D eigenvalue weighted by Gasteiger charge is 2.11. The number of halogens is 1. The Bertz CT molecular complexity index is 332. The lowest BCUT2D eigenvalue weighted by atomic mass is 10.2. The summed E-state index contributed by atoms with van der Waals surface area (Å²) in [5, 5.41) is 9.76. The van der Waals surface area contributed by atoms with Gasteiger partial charge in [-0.1, -0.05) is 27.7 Å². The lowest BCUT2D eigenvalue weighted by Gasteiger charge is -2.02. The predicted molar refractivity (Wildman–Crippen MR) is 53.4 cm³/mol. The first-order valence-electron chi connectivity index (χ1n) is 3.38. The van der Waals surface area contributed by atoms with E-state index in [1.54, 1.807) is 0 Å². The van der Waals surface area contributed by atoms with Crippen molar-refractivity contribution in [2.45, 2.75) is 10.5 Å². The fourth-order valence-electron chi connectivity index (χ4n) is 0.778. The van der Waals surface area contributed by atoms with E-state index in [9.17, 15) is 4.79 Å². The summed E-state index contributed by atoms with van der Waals surface area (Å²) in [6.07, 6.45) is 3.17. The molecule has 0 saturated carbocycles. The van der Waals surface area contributed by atoms with Crippen molar-refractivity contribution in [2.75, 3.05) is 6.26 Å². The Balaban J connectivity index is 3.15. The second-order valence-corrected chi connectivity index (χ2v) is 3.49.